The van der Waals surface area contributed by atoms with Crippen LogP contribution < -0.4 is 0 Å². The van der Waals surface area contributed by atoms with Gasteiger partial charge in [0.25, 0.3) is 0 Å². The Balaban J connectivity index is 0.000000336. The first-order valence-corrected chi connectivity index (χ1v) is 4.99. The molecule has 1 aliphatic heterocycles. The van der Waals surface area contributed by atoms with Crippen molar-refractivity contribution >= 4 is 5.97 Å². The number of hydrogen-bond donors (Lipinski definition) is 2. The van der Waals surface area contributed by atoms with Crippen molar-refractivity contribution < 1.29 is 24.5 Å². The van der Waals surface area contributed by atoms with Crippen molar-refractivity contribution in [2.75, 3.05) is 13.2 Å². The van der Waals surface area contributed by atoms with Gasteiger partial charge in [-0.1, -0.05) is 0 Å². The zero-order chi connectivity index (χ0) is 11.9. The number of rotatable bonds is 2. The Labute approximate surface area is 90.0 Å². The second kappa shape index (κ2) is 6.76. The molecule has 0 unspecified atom stereocenters. The number of carbonyl (C=O) groups is 1. The van der Waals surface area contributed by atoms with Crippen molar-refractivity contribution in [3.8, 4) is 0 Å². The lowest BCUT2D eigenvalue weighted by atomic mass is 10.2. The van der Waals surface area contributed by atoms with Gasteiger partial charge in [0.1, 0.15) is 6.61 Å². The summed E-state index contributed by atoms with van der Waals surface area (Å²) in [6, 6.07) is 0. The van der Waals surface area contributed by atoms with Crippen LogP contribution in [0, 0.1) is 0 Å². The van der Waals surface area contributed by atoms with E-state index in [1.54, 1.807) is 0 Å². The summed E-state index contributed by atoms with van der Waals surface area (Å²) in [5.41, 5.74) is 0. The zero-order valence-corrected chi connectivity index (χ0v) is 9.52. The lowest BCUT2D eigenvalue weighted by Gasteiger charge is -2.07. The summed E-state index contributed by atoms with van der Waals surface area (Å²) in [7, 11) is 0. The van der Waals surface area contributed by atoms with Crippen LogP contribution in [0.15, 0.2) is 0 Å². The zero-order valence-electron chi connectivity index (χ0n) is 9.52. The second-order valence-corrected chi connectivity index (χ2v) is 3.93. The molecule has 1 rings (SSSR count). The summed E-state index contributed by atoms with van der Waals surface area (Å²) in [5.74, 6) is -1.73. The Morgan fingerprint density at radius 1 is 1.53 bits per heavy atom. The largest absolute Gasteiger partial charge is 0.463 e. The molecule has 1 atom stereocenters. The van der Waals surface area contributed by atoms with Gasteiger partial charge in [0, 0.05) is 13.5 Å². The number of esters is 1. The fourth-order valence-electron chi connectivity index (χ4n) is 0.986. The van der Waals surface area contributed by atoms with Gasteiger partial charge in [-0.25, -0.2) is 0 Å². The van der Waals surface area contributed by atoms with Crippen LogP contribution in [0.5, 0.6) is 0 Å². The topological polar surface area (TPSA) is 76.0 Å². The molecule has 1 fully saturated rings. The normalized spacial score (nSPS) is 20.5. The number of carbonyl (C=O) groups excluding carboxylic acids is 1. The summed E-state index contributed by atoms with van der Waals surface area (Å²) in [6.07, 6.45) is 2.27. The lowest BCUT2D eigenvalue weighted by molar-refractivity contribution is -0.144. The maximum absolute atomic E-state index is 10.3. The molecule has 0 radical (unpaired) electrons. The summed E-state index contributed by atoms with van der Waals surface area (Å²) < 4.78 is 9.99. The summed E-state index contributed by atoms with van der Waals surface area (Å²) in [6.45, 7) is 5.25. The van der Waals surface area contributed by atoms with Crippen molar-refractivity contribution in [1.82, 2.24) is 0 Å². The smallest absolute Gasteiger partial charge is 0.302 e. The monoisotopic (exact) mass is 220 g/mol. The SMILES string of the molecule is CC(=O)OC[C@@H]1CCCO1.CC(C)(O)O. The number of ether oxygens (including phenoxy) is 2. The Bertz CT molecular complexity index is 173. The molecule has 0 saturated carbocycles. The molecule has 90 valence electrons. The highest BCUT2D eigenvalue weighted by atomic mass is 16.6. The van der Waals surface area contributed by atoms with Gasteiger partial charge in [0.05, 0.1) is 6.10 Å². The molecule has 0 aliphatic carbocycles. The number of aliphatic hydroxyl groups is 2. The molecular formula is C10H20O5. The highest BCUT2D eigenvalue weighted by molar-refractivity contribution is 5.65. The molecule has 0 amide bonds. The van der Waals surface area contributed by atoms with E-state index in [0.717, 1.165) is 19.4 Å². The van der Waals surface area contributed by atoms with Crippen molar-refractivity contribution in [1.29, 1.82) is 0 Å². The minimum absolute atomic E-state index is 0.156. The third-order valence-electron chi connectivity index (χ3n) is 1.50. The summed E-state index contributed by atoms with van der Waals surface area (Å²) in [5, 5.41) is 16.2. The van der Waals surface area contributed by atoms with Crippen LogP contribution in [-0.2, 0) is 14.3 Å². The molecule has 1 heterocycles. The molecular weight excluding hydrogens is 200 g/mol. The van der Waals surface area contributed by atoms with Gasteiger partial charge in [0.2, 0.25) is 0 Å². The van der Waals surface area contributed by atoms with E-state index in [4.69, 9.17) is 19.7 Å². The van der Waals surface area contributed by atoms with Crippen molar-refractivity contribution in [3.63, 3.8) is 0 Å². The van der Waals surface area contributed by atoms with Crippen molar-refractivity contribution in [3.05, 3.63) is 0 Å². The second-order valence-electron chi connectivity index (χ2n) is 3.93. The number of hydrogen-bond acceptors (Lipinski definition) is 5. The fourth-order valence-corrected chi connectivity index (χ4v) is 0.986. The molecule has 1 saturated heterocycles. The molecule has 0 aromatic carbocycles. The first kappa shape index (κ1) is 14.3. The first-order valence-electron chi connectivity index (χ1n) is 4.99. The minimum atomic E-state index is -1.50. The third-order valence-corrected chi connectivity index (χ3v) is 1.50. The molecule has 0 aromatic heterocycles. The highest BCUT2D eigenvalue weighted by Crippen LogP contribution is 2.11. The summed E-state index contributed by atoms with van der Waals surface area (Å²) >= 11 is 0. The van der Waals surface area contributed by atoms with Gasteiger partial charge >= 0.3 is 5.97 Å². The standard InChI is InChI=1S/C7H12O3.C3H8O2/c1-6(8)10-5-7-3-2-4-9-7;1-3(2,4)5/h7H,2-5H2,1H3;4-5H,1-2H3/t7-;/m0./s1. The lowest BCUT2D eigenvalue weighted by Crippen LogP contribution is -2.15. The van der Waals surface area contributed by atoms with E-state index in [0.29, 0.717) is 6.61 Å². The Kier molecular flexibility index (Phi) is 6.47. The molecule has 0 spiro atoms. The van der Waals surface area contributed by atoms with Crippen LogP contribution in [0.4, 0.5) is 0 Å². The van der Waals surface area contributed by atoms with Crippen LogP contribution >= 0.6 is 0 Å². The maximum atomic E-state index is 10.3. The fraction of sp³-hybridized carbons (Fsp3) is 0.900. The van der Waals surface area contributed by atoms with Gasteiger partial charge in [-0.15, -0.1) is 0 Å². The van der Waals surface area contributed by atoms with Crippen LogP contribution in [0.1, 0.15) is 33.6 Å². The average molecular weight is 220 g/mol. The quantitative estimate of drug-likeness (QED) is 0.521. The first-order chi connectivity index (χ1) is 6.79. The van der Waals surface area contributed by atoms with E-state index in [-0.39, 0.29) is 12.1 Å². The Morgan fingerprint density at radius 2 is 2.07 bits per heavy atom. The van der Waals surface area contributed by atoms with Crippen LogP contribution in [0.25, 0.3) is 0 Å². The van der Waals surface area contributed by atoms with Crippen molar-refractivity contribution in [2.24, 2.45) is 0 Å². The van der Waals surface area contributed by atoms with E-state index >= 15 is 0 Å². The van der Waals surface area contributed by atoms with E-state index in [1.165, 1.54) is 20.8 Å². The molecule has 5 nitrogen and oxygen atoms in total. The van der Waals surface area contributed by atoms with E-state index in [9.17, 15) is 4.79 Å². The van der Waals surface area contributed by atoms with Crippen molar-refractivity contribution in [2.45, 2.75) is 45.5 Å². The highest BCUT2D eigenvalue weighted by Gasteiger charge is 2.15. The Morgan fingerprint density at radius 3 is 2.40 bits per heavy atom. The van der Waals surface area contributed by atoms with E-state index in [1.807, 2.05) is 0 Å². The minimum Gasteiger partial charge on any atom is -0.463 e. The molecule has 0 bridgehead atoms. The molecule has 0 aromatic rings. The van der Waals surface area contributed by atoms with Gasteiger partial charge in [-0.3, -0.25) is 4.79 Å². The van der Waals surface area contributed by atoms with Crippen LogP contribution in [0.3, 0.4) is 0 Å². The van der Waals surface area contributed by atoms with Crippen LogP contribution in [0.2, 0.25) is 0 Å². The predicted octanol–water partition coefficient (Wildman–Crippen LogP) is 0.436. The van der Waals surface area contributed by atoms with Gasteiger partial charge < -0.3 is 19.7 Å². The third kappa shape index (κ3) is 13.3. The maximum Gasteiger partial charge on any atom is 0.302 e. The van der Waals surface area contributed by atoms with E-state index < -0.39 is 5.79 Å². The predicted molar refractivity (Wildman–Crippen MR) is 54.1 cm³/mol. The molecule has 5 heteroatoms. The van der Waals surface area contributed by atoms with Gasteiger partial charge in [-0.05, 0) is 26.7 Å². The van der Waals surface area contributed by atoms with E-state index in [2.05, 4.69) is 0 Å². The van der Waals surface area contributed by atoms with Gasteiger partial charge in [-0.2, -0.15) is 0 Å². The molecule has 2 N–H and O–H groups in total. The molecule has 1 aliphatic rings. The Hall–Kier alpha value is -0.650. The average Bonchev–Trinajstić information content (AvgIpc) is 2.48. The van der Waals surface area contributed by atoms with Gasteiger partial charge in [0.15, 0.2) is 5.79 Å². The summed E-state index contributed by atoms with van der Waals surface area (Å²) in [4.78, 5) is 10.3. The van der Waals surface area contributed by atoms with Crippen LogP contribution in [-0.4, -0.2) is 41.3 Å². The molecule has 15 heavy (non-hydrogen) atoms.